The molecular weight excluding hydrogens is 452 g/mol. The Balaban J connectivity index is 1.62. The lowest BCUT2D eigenvalue weighted by atomic mass is 9.87. The molecule has 2 amide bonds. The molecule has 1 saturated heterocycles. The fourth-order valence-corrected chi connectivity index (χ4v) is 4.50. The highest BCUT2D eigenvalue weighted by molar-refractivity contribution is 6.30. The van der Waals surface area contributed by atoms with Crippen LogP contribution in [-0.2, 0) is 11.3 Å². The van der Waals surface area contributed by atoms with E-state index < -0.39 is 5.92 Å². The van der Waals surface area contributed by atoms with Crippen molar-refractivity contribution in [3.05, 3.63) is 94.5 Å². The second-order valence-corrected chi connectivity index (χ2v) is 8.68. The second kappa shape index (κ2) is 10.6. The van der Waals surface area contributed by atoms with E-state index in [9.17, 15) is 9.59 Å². The Hall–Kier alpha value is -3.51. The molecule has 0 bridgehead atoms. The Morgan fingerprint density at radius 2 is 1.71 bits per heavy atom. The molecule has 6 nitrogen and oxygen atoms in total. The van der Waals surface area contributed by atoms with Crippen LogP contribution in [0.5, 0.6) is 11.5 Å². The normalized spacial score (nSPS) is 17.3. The van der Waals surface area contributed by atoms with Crippen LogP contribution in [0, 0.1) is 5.92 Å². The van der Waals surface area contributed by atoms with Crippen LogP contribution in [0.2, 0.25) is 5.02 Å². The van der Waals surface area contributed by atoms with Crippen LogP contribution in [0.1, 0.15) is 27.4 Å². The standard InChI is InChI=1S/C27H27ClN2O4/c1-33-21-12-13-25(34-2)22(14-21)23-16-30(27(32)19-8-10-20(28)11-9-19)17-24(23)26(31)29-15-18-6-4-3-5-7-18/h3-14,23-24H,15-17H2,1-2H3,(H,29,31). The van der Waals surface area contributed by atoms with Crippen molar-refractivity contribution in [3.63, 3.8) is 0 Å². The summed E-state index contributed by atoms with van der Waals surface area (Å²) in [6.45, 7) is 1.10. The monoisotopic (exact) mass is 478 g/mol. The van der Waals surface area contributed by atoms with Gasteiger partial charge in [-0.25, -0.2) is 0 Å². The van der Waals surface area contributed by atoms with E-state index in [1.807, 2.05) is 48.5 Å². The van der Waals surface area contributed by atoms with Gasteiger partial charge in [0.1, 0.15) is 11.5 Å². The summed E-state index contributed by atoms with van der Waals surface area (Å²) in [5.74, 6) is 0.388. The number of amides is 2. The SMILES string of the molecule is COc1ccc(OC)c(C2CN(C(=O)c3ccc(Cl)cc3)CC2C(=O)NCc2ccccc2)c1. The second-order valence-electron chi connectivity index (χ2n) is 8.24. The molecule has 7 heteroatoms. The van der Waals surface area contributed by atoms with Crippen LogP contribution in [-0.4, -0.2) is 44.0 Å². The zero-order valence-corrected chi connectivity index (χ0v) is 19.9. The van der Waals surface area contributed by atoms with E-state index >= 15 is 0 Å². The fourth-order valence-electron chi connectivity index (χ4n) is 4.37. The van der Waals surface area contributed by atoms with Gasteiger partial charge in [-0.2, -0.15) is 0 Å². The molecule has 0 radical (unpaired) electrons. The molecule has 34 heavy (non-hydrogen) atoms. The molecule has 0 spiro atoms. The maximum atomic E-state index is 13.4. The number of likely N-dealkylation sites (tertiary alicyclic amines) is 1. The van der Waals surface area contributed by atoms with Crippen molar-refractivity contribution in [2.75, 3.05) is 27.3 Å². The molecule has 0 saturated carbocycles. The number of hydrogen-bond donors (Lipinski definition) is 1. The first kappa shape index (κ1) is 23.6. The van der Waals surface area contributed by atoms with Crippen molar-refractivity contribution < 1.29 is 19.1 Å². The number of ether oxygens (including phenoxy) is 2. The number of nitrogens with one attached hydrogen (secondary N) is 1. The maximum Gasteiger partial charge on any atom is 0.253 e. The number of hydrogen-bond acceptors (Lipinski definition) is 4. The highest BCUT2D eigenvalue weighted by atomic mass is 35.5. The molecule has 0 aromatic heterocycles. The van der Waals surface area contributed by atoms with Gasteiger partial charge in [-0.3, -0.25) is 9.59 Å². The van der Waals surface area contributed by atoms with Crippen LogP contribution in [0.4, 0.5) is 0 Å². The summed E-state index contributed by atoms with van der Waals surface area (Å²) in [5.41, 5.74) is 2.39. The molecule has 2 unspecified atom stereocenters. The van der Waals surface area contributed by atoms with Crippen molar-refractivity contribution >= 4 is 23.4 Å². The van der Waals surface area contributed by atoms with Crippen molar-refractivity contribution in [2.45, 2.75) is 12.5 Å². The van der Waals surface area contributed by atoms with Crippen molar-refractivity contribution in [2.24, 2.45) is 5.92 Å². The van der Waals surface area contributed by atoms with Crippen LogP contribution in [0.15, 0.2) is 72.8 Å². The minimum Gasteiger partial charge on any atom is -0.497 e. The summed E-state index contributed by atoms with van der Waals surface area (Å²) in [4.78, 5) is 28.3. The van der Waals surface area contributed by atoms with Gasteiger partial charge in [0.25, 0.3) is 5.91 Å². The summed E-state index contributed by atoms with van der Waals surface area (Å²) in [5, 5.41) is 3.61. The van der Waals surface area contributed by atoms with Gasteiger partial charge < -0.3 is 19.7 Å². The van der Waals surface area contributed by atoms with Crippen molar-refractivity contribution in [1.29, 1.82) is 0 Å². The lowest BCUT2D eigenvalue weighted by molar-refractivity contribution is -0.125. The van der Waals surface area contributed by atoms with Gasteiger partial charge in [0, 0.05) is 41.7 Å². The van der Waals surface area contributed by atoms with Crippen molar-refractivity contribution in [1.82, 2.24) is 10.2 Å². The number of benzene rings is 3. The Kier molecular flexibility index (Phi) is 7.38. The first-order chi connectivity index (χ1) is 16.5. The zero-order valence-electron chi connectivity index (χ0n) is 19.2. The number of halogens is 1. The Bertz CT molecular complexity index is 1150. The minimum atomic E-state index is -0.444. The van der Waals surface area contributed by atoms with Crippen LogP contribution < -0.4 is 14.8 Å². The molecule has 4 rings (SSSR count). The molecule has 1 aliphatic rings. The van der Waals surface area contributed by atoms with E-state index in [0.717, 1.165) is 11.1 Å². The molecule has 1 fully saturated rings. The smallest absolute Gasteiger partial charge is 0.253 e. The minimum absolute atomic E-state index is 0.106. The summed E-state index contributed by atoms with van der Waals surface area (Å²) < 4.78 is 11.0. The van der Waals surface area contributed by atoms with Crippen LogP contribution in [0.3, 0.4) is 0 Å². The first-order valence-corrected chi connectivity index (χ1v) is 11.5. The number of nitrogens with zero attached hydrogens (tertiary/aromatic N) is 1. The molecule has 1 aliphatic heterocycles. The van der Waals surface area contributed by atoms with Gasteiger partial charge in [0.2, 0.25) is 5.91 Å². The third-order valence-corrected chi connectivity index (χ3v) is 6.43. The highest BCUT2D eigenvalue weighted by Crippen LogP contribution is 2.40. The lowest BCUT2D eigenvalue weighted by Gasteiger charge is -2.21. The lowest BCUT2D eigenvalue weighted by Crippen LogP contribution is -2.35. The van der Waals surface area contributed by atoms with Crippen LogP contribution >= 0.6 is 11.6 Å². The highest BCUT2D eigenvalue weighted by Gasteiger charge is 2.41. The Morgan fingerprint density at radius 3 is 2.38 bits per heavy atom. The first-order valence-electron chi connectivity index (χ1n) is 11.1. The third kappa shape index (κ3) is 5.18. The molecule has 1 heterocycles. The summed E-state index contributed by atoms with van der Waals surface area (Å²) in [7, 11) is 3.20. The maximum absolute atomic E-state index is 13.4. The van der Waals surface area contributed by atoms with E-state index in [2.05, 4.69) is 5.32 Å². The molecule has 3 aromatic rings. The molecule has 3 aromatic carbocycles. The largest absolute Gasteiger partial charge is 0.497 e. The van der Waals surface area contributed by atoms with E-state index in [4.69, 9.17) is 21.1 Å². The topological polar surface area (TPSA) is 67.9 Å². The quantitative estimate of drug-likeness (QED) is 0.541. The van der Waals surface area contributed by atoms with Gasteiger partial charge in [-0.1, -0.05) is 41.9 Å². The van der Waals surface area contributed by atoms with E-state index in [1.165, 1.54) is 0 Å². The van der Waals surface area contributed by atoms with E-state index in [1.54, 1.807) is 43.4 Å². The van der Waals surface area contributed by atoms with Gasteiger partial charge >= 0.3 is 0 Å². The summed E-state index contributed by atoms with van der Waals surface area (Å²) in [6, 6.07) is 22.1. The predicted molar refractivity (Wildman–Crippen MR) is 131 cm³/mol. The Morgan fingerprint density at radius 1 is 0.971 bits per heavy atom. The number of methoxy groups -OCH3 is 2. The average molecular weight is 479 g/mol. The summed E-state index contributed by atoms with van der Waals surface area (Å²) in [6.07, 6.45) is 0. The number of carbonyl (C=O) groups excluding carboxylic acids is 2. The van der Waals surface area contributed by atoms with E-state index in [-0.39, 0.29) is 17.7 Å². The molecule has 0 aliphatic carbocycles. The average Bonchev–Trinajstić information content (AvgIpc) is 3.33. The van der Waals surface area contributed by atoms with Crippen LogP contribution in [0.25, 0.3) is 0 Å². The predicted octanol–water partition coefficient (Wildman–Crippen LogP) is 4.53. The summed E-state index contributed by atoms with van der Waals surface area (Å²) >= 11 is 5.99. The Labute approximate surface area is 204 Å². The fraction of sp³-hybridized carbons (Fsp3) is 0.259. The van der Waals surface area contributed by atoms with E-state index in [0.29, 0.717) is 41.7 Å². The molecule has 176 valence electrons. The van der Waals surface area contributed by atoms with Gasteiger partial charge in [-0.05, 0) is 48.0 Å². The van der Waals surface area contributed by atoms with Gasteiger partial charge in [0.05, 0.1) is 20.1 Å². The van der Waals surface area contributed by atoms with Gasteiger partial charge in [0.15, 0.2) is 0 Å². The van der Waals surface area contributed by atoms with Crippen molar-refractivity contribution in [3.8, 4) is 11.5 Å². The molecular formula is C27H27ClN2O4. The zero-order chi connectivity index (χ0) is 24.1. The molecule has 1 N–H and O–H groups in total. The third-order valence-electron chi connectivity index (χ3n) is 6.18. The number of rotatable bonds is 7. The van der Waals surface area contributed by atoms with Gasteiger partial charge in [-0.15, -0.1) is 0 Å². The molecule has 2 atom stereocenters. The number of carbonyl (C=O) groups is 2.